The molecular weight excluding hydrogens is 466 g/mol. The minimum Gasteiger partial charge on any atom is -0.486 e. The maximum Gasteiger partial charge on any atom is 0.253 e. The summed E-state index contributed by atoms with van der Waals surface area (Å²) in [6.45, 7) is 1.99. The van der Waals surface area contributed by atoms with Crippen LogP contribution in [0, 0.1) is 0 Å². The highest BCUT2D eigenvalue weighted by Gasteiger charge is 2.24. The van der Waals surface area contributed by atoms with Gasteiger partial charge in [-0.05, 0) is 49.0 Å². The number of ether oxygens (including phenoxy) is 1. The number of aromatic amines is 1. The van der Waals surface area contributed by atoms with Gasteiger partial charge >= 0.3 is 0 Å². The first-order valence-electron chi connectivity index (χ1n) is 10.2. The minimum absolute atomic E-state index is 0.180. The molecule has 0 spiro atoms. The monoisotopic (exact) mass is 489 g/mol. The number of likely N-dealkylation sites (tertiary alicyclic amines) is 1. The van der Waals surface area contributed by atoms with Gasteiger partial charge in [-0.25, -0.2) is 8.42 Å². The number of nitrogens with one attached hydrogen (secondary N) is 3. The fraction of sp³-hybridized carbons (Fsp3) is 0.273. The Hall–Kier alpha value is -3.08. The predicted octanol–water partition coefficient (Wildman–Crippen LogP) is 2.72. The molecule has 1 aliphatic rings. The second kappa shape index (κ2) is 9.42. The van der Waals surface area contributed by atoms with Gasteiger partial charge in [-0.15, -0.1) is 0 Å². The standard InChI is InChI=1S/C22H24ClN5O4S/c1-28-12-19(13-28)32-18-3-4-20(25-11-18)21-7-15(10-24-21)22(29)26-9-14-5-16(23)8-17(6-14)27-33(2,30)31/h3-8,10-11,19,24,27H,9,12-13H2,1-2H3,(H,26,29). The second-order valence-electron chi connectivity index (χ2n) is 8.05. The fourth-order valence-corrected chi connectivity index (χ4v) is 4.30. The minimum atomic E-state index is -3.43. The van der Waals surface area contributed by atoms with E-state index in [1.54, 1.807) is 30.6 Å². The van der Waals surface area contributed by atoms with E-state index < -0.39 is 10.0 Å². The van der Waals surface area contributed by atoms with Crippen molar-refractivity contribution in [3.8, 4) is 17.1 Å². The Bertz CT molecular complexity index is 1250. The number of hydrogen-bond acceptors (Lipinski definition) is 6. The number of amides is 1. The number of rotatable bonds is 8. The maximum absolute atomic E-state index is 12.6. The zero-order valence-electron chi connectivity index (χ0n) is 18.1. The molecule has 11 heteroatoms. The van der Waals surface area contributed by atoms with Crippen LogP contribution in [0.3, 0.4) is 0 Å². The number of halogens is 1. The highest BCUT2D eigenvalue weighted by atomic mass is 35.5. The van der Waals surface area contributed by atoms with Gasteiger partial charge in [0.2, 0.25) is 10.0 Å². The van der Waals surface area contributed by atoms with Gasteiger partial charge in [0.15, 0.2) is 0 Å². The summed E-state index contributed by atoms with van der Waals surface area (Å²) in [6.07, 6.45) is 4.54. The molecule has 1 aliphatic heterocycles. The molecule has 174 valence electrons. The van der Waals surface area contributed by atoms with E-state index in [1.165, 1.54) is 6.07 Å². The van der Waals surface area contributed by atoms with Gasteiger partial charge in [-0.3, -0.25) is 19.4 Å². The van der Waals surface area contributed by atoms with E-state index in [9.17, 15) is 13.2 Å². The summed E-state index contributed by atoms with van der Waals surface area (Å²) in [4.78, 5) is 22.2. The number of anilines is 1. The first kappa shape index (κ1) is 23.1. The van der Waals surface area contributed by atoms with Crippen LogP contribution in [0.5, 0.6) is 5.75 Å². The zero-order valence-corrected chi connectivity index (χ0v) is 19.7. The van der Waals surface area contributed by atoms with E-state index in [0.717, 1.165) is 19.3 Å². The lowest BCUT2D eigenvalue weighted by atomic mass is 10.2. The Morgan fingerprint density at radius 3 is 2.73 bits per heavy atom. The van der Waals surface area contributed by atoms with Crippen LogP contribution in [0.15, 0.2) is 48.8 Å². The zero-order chi connectivity index (χ0) is 23.6. The number of pyridine rings is 1. The van der Waals surface area contributed by atoms with Crippen molar-refractivity contribution < 1.29 is 17.9 Å². The fourth-order valence-electron chi connectivity index (χ4n) is 3.50. The lowest BCUT2D eigenvalue weighted by Gasteiger charge is -2.35. The molecule has 0 aliphatic carbocycles. The van der Waals surface area contributed by atoms with Gasteiger partial charge in [0.05, 0.1) is 35.1 Å². The van der Waals surface area contributed by atoms with Crippen molar-refractivity contribution in [3.63, 3.8) is 0 Å². The highest BCUT2D eigenvalue weighted by molar-refractivity contribution is 7.92. The SMILES string of the molecule is CN1CC(Oc2ccc(-c3cc(C(=O)NCc4cc(Cl)cc(NS(C)(=O)=O)c4)c[nH]3)nc2)C1. The number of sulfonamides is 1. The van der Waals surface area contributed by atoms with Crippen LogP contribution in [0.2, 0.25) is 5.02 Å². The summed E-state index contributed by atoms with van der Waals surface area (Å²) in [6, 6.07) is 10.2. The van der Waals surface area contributed by atoms with Crippen LogP contribution in [0.4, 0.5) is 5.69 Å². The lowest BCUT2D eigenvalue weighted by molar-refractivity contribution is 0.0386. The maximum atomic E-state index is 12.6. The third-order valence-electron chi connectivity index (χ3n) is 5.00. The molecule has 3 N–H and O–H groups in total. The van der Waals surface area contributed by atoms with Gasteiger partial charge in [-0.1, -0.05) is 11.6 Å². The molecular formula is C22H24ClN5O4S. The number of benzene rings is 1. The van der Waals surface area contributed by atoms with Crippen LogP contribution in [-0.4, -0.2) is 61.7 Å². The molecule has 3 heterocycles. The molecule has 1 fully saturated rings. The summed E-state index contributed by atoms with van der Waals surface area (Å²) < 4.78 is 31.1. The van der Waals surface area contributed by atoms with Crippen molar-refractivity contribution in [1.29, 1.82) is 0 Å². The number of carbonyl (C=O) groups excluding carboxylic acids is 1. The van der Waals surface area contributed by atoms with E-state index >= 15 is 0 Å². The molecule has 1 saturated heterocycles. The van der Waals surface area contributed by atoms with E-state index in [2.05, 4.69) is 24.9 Å². The Kier molecular flexibility index (Phi) is 6.59. The third kappa shape index (κ3) is 6.25. The highest BCUT2D eigenvalue weighted by Crippen LogP contribution is 2.22. The van der Waals surface area contributed by atoms with Crippen LogP contribution in [0.1, 0.15) is 15.9 Å². The molecule has 0 atom stereocenters. The molecule has 1 aromatic carbocycles. The van der Waals surface area contributed by atoms with Crippen LogP contribution >= 0.6 is 11.6 Å². The molecule has 4 rings (SSSR count). The Morgan fingerprint density at radius 2 is 2.06 bits per heavy atom. The smallest absolute Gasteiger partial charge is 0.253 e. The molecule has 3 aromatic rings. The van der Waals surface area contributed by atoms with Crippen molar-refractivity contribution in [2.45, 2.75) is 12.6 Å². The molecule has 0 unspecified atom stereocenters. The Balaban J connectivity index is 1.36. The summed E-state index contributed by atoms with van der Waals surface area (Å²) in [5.74, 6) is 0.428. The Labute approximate surface area is 197 Å². The lowest BCUT2D eigenvalue weighted by Crippen LogP contribution is -2.51. The Morgan fingerprint density at radius 1 is 1.27 bits per heavy atom. The van der Waals surface area contributed by atoms with E-state index in [4.69, 9.17) is 16.3 Å². The number of carbonyl (C=O) groups is 1. The average Bonchev–Trinajstić information content (AvgIpc) is 3.20. The third-order valence-corrected chi connectivity index (χ3v) is 5.83. The molecule has 0 radical (unpaired) electrons. The van der Waals surface area contributed by atoms with Crippen molar-refractivity contribution >= 4 is 33.2 Å². The summed E-state index contributed by atoms with van der Waals surface area (Å²) in [5.41, 5.74) is 2.84. The summed E-state index contributed by atoms with van der Waals surface area (Å²) in [5, 5.41) is 3.17. The van der Waals surface area contributed by atoms with E-state index in [1.807, 2.05) is 19.2 Å². The quantitative estimate of drug-likeness (QED) is 0.448. The van der Waals surface area contributed by atoms with Gasteiger partial charge in [-0.2, -0.15) is 0 Å². The average molecular weight is 490 g/mol. The predicted molar refractivity (Wildman–Crippen MR) is 127 cm³/mol. The summed E-state index contributed by atoms with van der Waals surface area (Å²) >= 11 is 6.07. The first-order valence-corrected chi connectivity index (χ1v) is 12.5. The number of hydrogen-bond donors (Lipinski definition) is 3. The van der Waals surface area contributed by atoms with Crippen molar-refractivity contribution in [3.05, 3.63) is 64.9 Å². The normalized spacial score (nSPS) is 14.5. The molecule has 33 heavy (non-hydrogen) atoms. The molecule has 1 amide bonds. The van der Waals surface area contributed by atoms with E-state index in [0.29, 0.717) is 39.0 Å². The molecule has 2 aromatic heterocycles. The van der Waals surface area contributed by atoms with Gasteiger partial charge in [0.1, 0.15) is 11.9 Å². The van der Waals surface area contributed by atoms with E-state index in [-0.39, 0.29) is 18.6 Å². The molecule has 0 saturated carbocycles. The largest absolute Gasteiger partial charge is 0.486 e. The topological polar surface area (TPSA) is 116 Å². The van der Waals surface area contributed by atoms with Crippen molar-refractivity contribution in [2.24, 2.45) is 0 Å². The second-order valence-corrected chi connectivity index (χ2v) is 10.2. The number of nitrogens with zero attached hydrogens (tertiary/aromatic N) is 2. The van der Waals surface area contributed by atoms with Gasteiger partial charge in [0, 0.05) is 30.9 Å². The number of H-pyrrole nitrogens is 1. The van der Waals surface area contributed by atoms with Crippen molar-refractivity contribution in [1.82, 2.24) is 20.2 Å². The van der Waals surface area contributed by atoms with Crippen LogP contribution < -0.4 is 14.8 Å². The van der Waals surface area contributed by atoms with Gasteiger partial charge in [0.25, 0.3) is 5.91 Å². The first-order chi connectivity index (χ1) is 15.6. The number of likely N-dealkylation sites (N-methyl/N-ethyl adjacent to an activating group) is 1. The molecule has 0 bridgehead atoms. The summed E-state index contributed by atoms with van der Waals surface area (Å²) in [7, 11) is -1.39. The number of aromatic nitrogens is 2. The van der Waals surface area contributed by atoms with Crippen LogP contribution in [-0.2, 0) is 16.6 Å². The van der Waals surface area contributed by atoms with Crippen molar-refractivity contribution in [2.75, 3.05) is 31.1 Å². The van der Waals surface area contributed by atoms with Crippen LogP contribution in [0.25, 0.3) is 11.4 Å². The van der Waals surface area contributed by atoms with Gasteiger partial charge < -0.3 is 15.0 Å². The molecule has 9 nitrogen and oxygen atoms in total.